The zero-order chi connectivity index (χ0) is 27.4. The molecule has 0 saturated heterocycles. The molecule has 0 radical (unpaired) electrons. The predicted octanol–water partition coefficient (Wildman–Crippen LogP) is 5.08. The number of benzene rings is 2. The second kappa shape index (κ2) is 12.1. The summed E-state index contributed by atoms with van der Waals surface area (Å²) >= 11 is 0. The minimum Gasteiger partial charge on any atom is -0.505 e. The summed E-state index contributed by atoms with van der Waals surface area (Å²) in [5, 5.41) is 13.7. The Kier molecular flexibility index (Phi) is 8.59. The number of hydrogen-bond donors (Lipinski definition) is 3. The van der Waals surface area contributed by atoms with Crippen LogP contribution in [0.2, 0.25) is 0 Å². The first kappa shape index (κ1) is 27.7. The quantitative estimate of drug-likeness (QED) is 0.343. The summed E-state index contributed by atoms with van der Waals surface area (Å²) in [5.41, 5.74) is 3.04. The van der Waals surface area contributed by atoms with Crippen LogP contribution in [0.25, 0.3) is 0 Å². The second-order valence-corrected chi connectivity index (χ2v) is 12.6. The van der Waals surface area contributed by atoms with Crippen LogP contribution in [-0.2, 0) is 22.9 Å². The molecule has 3 N–H and O–H groups in total. The molecule has 0 aliphatic heterocycles. The first-order valence-corrected chi connectivity index (χ1v) is 15.2. The van der Waals surface area contributed by atoms with Crippen molar-refractivity contribution in [3.8, 4) is 5.75 Å². The third kappa shape index (κ3) is 6.65. The molecule has 0 amide bonds. The maximum absolute atomic E-state index is 14.4. The molecular weight excluding hydrogens is 520 g/mol. The maximum atomic E-state index is 14.4. The summed E-state index contributed by atoms with van der Waals surface area (Å²) in [7, 11) is -3.88. The highest BCUT2D eigenvalue weighted by molar-refractivity contribution is 7.89. The molecule has 39 heavy (non-hydrogen) atoms. The average Bonchev–Trinajstić information content (AvgIpc) is 2.94. The van der Waals surface area contributed by atoms with Crippen molar-refractivity contribution in [2.45, 2.75) is 61.8 Å². The normalized spacial score (nSPS) is 23.3. The fourth-order valence-corrected chi connectivity index (χ4v) is 7.30. The van der Waals surface area contributed by atoms with Gasteiger partial charge in [0.15, 0.2) is 11.6 Å². The summed E-state index contributed by atoms with van der Waals surface area (Å²) in [6.07, 6.45) is 9.78. The van der Waals surface area contributed by atoms with E-state index in [1.807, 2.05) is 18.3 Å². The van der Waals surface area contributed by atoms with E-state index in [0.717, 1.165) is 74.2 Å². The van der Waals surface area contributed by atoms with Crippen molar-refractivity contribution in [1.29, 1.82) is 0 Å². The van der Waals surface area contributed by atoms with Crippen LogP contribution in [0.3, 0.4) is 0 Å². The molecule has 3 aromatic rings. The fraction of sp³-hybridized carbons (Fsp3) is 0.433. The van der Waals surface area contributed by atoms with Crippen LogP contribution in [0.15, 0.2) is 65.8 Å². The highest BCUT2D eigenvalue weighted by atomic mass is 32.2. The minimum absolute atomic E-state index is 0.0668. The number of aromatic hydroxyl groups is 1. The molecule has 1 heterocycles. The summed E-state index contributed by atoms with van der Waals surface area (Å²) in [5.74, 6) is -0.869. The van der Waals surface area contributed by atoms with E-state index in [9.17, 15) is 22.3 Å². The van der Waals surface area contributed by atoms with Gasteiger partial charge in [-0.2, -0.15) is 0 Å². The molecule has 0 spiro atoms. The van der Waals surface area contributed by atoms with Crippen molar-refractivity contribution < 1.29 is 22.3 Å². The van der Waals surface area contributed by atoms with Gasteiger partial charge in [0.25, 0.3) is 0 Å². The smallest absolute Gasteiger partial charge is 0.243 e. The summed E-state index contributed by atoms with van der Waals surface area (Å²) in [6.45, 7) is 1.15. The van der Waals surface area contributed by atoms with Crippen molar-refractivity contribution >= 4 is 10.0 Å². The molecule has 2 aliphatic rings. The lowest BCUT2D eigenvalue weighted by Crippen LogP contribution is -2.42. The Morgan fingerprint density at radius 2 is 1.67 bits per heavy atom. The van der Waals surface area contributed by atoms with E-state index in [2.05, 4.69) is 15.0 Å². The number of rotatable bonds is 9. The molecule has 2 aliphatic carbocycles. The number of halogens is 2. The molecule has 0 bridgehead atoms. The number of aryl methyl sites for hydroxylation is 1. The molecular formula is C30H35F2N3O3S. The van der Waals surface area contributed by atoms with Gasteiger partial charge in [0.2, 0.25) is 10.0 Å². The number of hydrogen-bond acceptors (Lipinski definition) is 5. The van der Waals surface area contributed by atoms with Gasteiger partial charge in [-0.3, -0.25) is 4.98 Å². The van der Waals surface area contributed by atoms with Gasteiger partial charge in [-0.1, -0.05) is 18.2 Å². The molecule has 9 heteroatoms. The van der Waals surface area contributed by atoms with E-state index in [-0.39, 0.29) is 28.5 Å². The van der Waals surface area contributed by atoms with Crippen LogP contribution >= 0.6 is 0 Å². The SMILES string of the molecule is O=S(=O)(NCC1CCC(CNC2CCc3cc(O)c(F)cc3C2Cc2cccnc2)CC1)c1ccccc1F. The highest BCUT2D eigenvalue weighted by Gasteiger charge is 2.32. The Hall–Kier alpha value is -2.88. The molecule has 5 rings (SSSR count). The average molecular weight is 556 g/mol. The number of phenolic OH excluding ortho intramolecular Hbond substituents is 1. The van der Waals surface area contributed by atoms with Gasteiger partial charge < -0.3 is 10.4 Å². The summed E-state index contributed by atoms with van der Waals surface area (Å²) < 4.78 is 56.0. The van der Waals surface area contributed by atoms with Crippen LogP contribution < -0.4 is 10.0 Å². The molecule has 2 unspecified atom stereocenters. The Morgan fingerprint density at radius 1 is 0.923 bits per heavy atom. The molecule has 2 atom stereocenters. The Labute approximate surface area is 228 Å². The molecule has 208 valence electrons. The number of nitrogens with zero attached hydrogens (tertiary/aromatic N) is 1. The number of aromatic nitrogens is 1. The monoisotopic (exact) mass is 555 g/mol. The minimum atomic E-state index is -3.88. The topological polar surface area (TPSA) is 91.3 Å². The van der Waals surface area contributed by atoms with Gasteiger partial charge in [-0.05, 0) is 110 Å². The first-order valence-electron chi connectivity index (χ1n) is 13.7. The Balaban J connectivity index is 1.17. The van der Waals surface area contributed by atoms with Crippen LogP contribution in [0.4, 0.5) is 8.78 Å². The van der Waals surface area contributed by atoms with Crippen molar-refractivity contribution in [1.82, 2.24) is 15.0 Å². The maximum Gasteiger partial charge on any atom is 0.243 e. The largest absolute Gasteiger partial charge is 0.505 e. The summed E-state index contributed by atoms with van der Waals surface area (Å²) in [4.78, 5) is 3.93. The molecule has 1 aromatic heterocycles. The van der Waals surface area contributed by atoms with E-state index < -0.39 is 21.7 Å². The zero-order valence-electron chi connectivity index (χ0n) is 21.8. The lowest BCUT2D eigenvalue weighted by molar-refractivity contribution is 0.252. The lowest BCUT2D eigenvalue weighted by Gasteiger charge is -2.36. The van der Waals surface area contributed by atoms with Gasteiger partial charge in [-0.15, -0.1) is 0 Å². The molecule has 2 aromatic carbocycles. The van der Waals surface area contributed by atoms with E-state index in [4.69, 9.17) is 0 Å². The van der Waals surface area contributed by atoms with Crippen molar-refractivity contribution in [2.75, 3.05) is 13.1 Å². The van der Waals surface area contributed by atoms with E-state index in [0.29, 0.717) is 12.5 Å². The Bertz CT molecular complexity index is 1380. The van der Waals surface area contributed by atoms with Crippen molar-refractivity contribution in [3.63, 3.8) is 0 Å². The van der Waals surface area contributed by atoms with Crippen LogP contribution in [-0.4, -0.2) is 37.6 Å². The van der Waals surface area contributed by atoms with Gasteiger partial charge in [0, 0.05) is 30.9 Å². The number of nitrogens with one attached hydrogen (secondary N) is 2. The number of sulfonamides is 1. The number of phenols is 1. The first-order chi connectivity index (χ1) is 18.8. The lowest BCUT2D eigenvalue weighted by atomic mass is 9.75. The molecule has 6 nitrogen and oxygen atoms in total. The highest BCUT2D eigenvalue weighted by Crippen LogP contribution is 2.38. The van der Waals surface area contributed by atoms with E-state index >= 15 is 0 Å². The van der Waals surface area contributed by atoms with Crippen molar-refractivity contribution in [3.05, 3.63) is 89.2 Å². The van der Waals surface area contributed by atoms with Crippen LogP contribution in [0.1, 0.15) is 54.7 Å². The molecule has 1 fully saturated rings. The summed E-state index contributed by atoms with van der Waals surface area (Å²) in [6, 6.07) is 12.6. The van der Waals surface area contributed by atoms with Crippen LogP contribution in [0, 0.1) is 23.5 Å². The second-order valence-electron chi connectivity index (χ2n) is 10.9. The third-order valence-electron chi connectivity index (χ3n) is 8.32. The van der Waals surface area contributed by atoms with Crippen molar-refractivity contribution in [2.24, 2.45) is 11.8 Å². The Morgan fingerprint density at radius 3 is 2.38 bits per heavy atom. The van der Waals surface area contributed by atoms with Gasteiger partial charge in [-0.25, -0.2) is 21.9 Å². The standard InChI is InChI=1S/C30H35F2N3O3S/c31-26-5-1-2-6-30(26)39(37,38)35-19-21-9-7-20(8-10-21)18-34-28-12-11-23-15-29(36)27(32)16-24(23)25(28)14-22-4-3-13-33-17-22/h1-6,13,15-17,20-21,25,28,34-36H,7-12,14,18-19H2. The van der Waals surface area contributed by atoms with E-state index in [1.54, 1.807) is 12.3 Å². The third-order valence-corrected chi connectivity index (χ3v) is 9.78. The number of fused-ring (bicyclic) bond motifs is 1. The van der Waals surface area contributed by atoms with Gasteiger partial charge >= 0.3 is 0 Å². The van der Waals surface area contributed by atoms with Gasteiger partial charge in [0.1, 0.15) is 10.7 Å². The fourth-order valence-electron chi connectivity index (χ4n) is 6.11. The van der Waals surface area contributed by atoms with Gasteiger partial charge in [0.05, 0.1) is 0 Å². The van der Waals surface area contributed by atoms with Crippen LogP contribution in [0.5, 0.6) is 5.75 Å². The van der Waals surface area contributed by atoms with E-state index in [1.165, 1.54) is 24.3 Å². The molecule has 1 saturated carbocycles. The zero-order valence-corrected chi connectivity index (χ0v) is 22.6. The number of pyridine rings is 1. The predicted molar refractivity (Wildman–Crippen MR) is 146 cm³/mol.